The summed E-state index contributed by atoms with van der Waals surface area (Å²) in [4.78, 5) is 0. The SMILES string of the molecule is C=C(OCC)c1cc(Br)cc(C(F)F)c1C. The summed E-state index contributed by atoms with van der Waals surface area (Å²) in [7, 11) is 0. The van der Waals surface area contributed by atoms with Crippen LogP contribution in [-0.4, -0.2) is 6.61 Å². The maximum atomic E-state index is 12.7. The van der Waals surface area contributed by atoms with E-state index in [2.05, 4.69) is 22.5 Å². The minimum atomic E-state index is -2.49. The second-order valence-electron chi connectivity index (χ2n) is 3.32. The fourth-order valence-electron chi connectivity index (χ4n) is 1.47. The predicted octanol–water partition coefficient (Wildman–Crippen LogP) is 4.70. The number of rotatable bonds is 4. The zero-order valence-corrected chi connectivity index (χ0v) is 10.8. The maximum Gasteiger partial charge on any atom is 0.264 e. The van der Waals surface area contributed by atoms with Gasteiger partial charge in [-0.15, -0.1) is 0 Å². The molecule has 4 heteroatoms. The van der Waals surface area contributed by atoms with Crippen molar-refractivity contribution in [2.24, 2.45) is 0 Å². The van der Waals surface area contributed by atoms with E-state index < -0.39 is 6.43 Å². The Morgan fingerprint density at radius 3 is 2.62 bits per heavy atom. The van der Waals surface area contributed by atoms with E-state index in [0.29, 0.717) is 28.0 Å². The van der Waals surface area contributed by atoms with E-state index in [1.54, 1.807) is 13.0 Å². The van der Waals surface area contributed by atoms with E-state index in [1.165, 1.54) is 6.07 Å². The zero-order chi connectivity index (χ0) is 12.3. The molecule has 0 fully saturated rings. The third-order valence-electron chi connectivity index (χ3n) is 2.27. The molecular weight excluding hydrogens is 278 g/mol. The molecule has 1 nitrogen and oxygen atoms in total. The molecule has 88 valence electrons. The molecule has 0 radical (unpaired) electrons. The first kappa shape index (κ1) is 13.2. The molecule has 0 N–H and O–H groups in total. The first-order valence-electron chi connectivity index (χ1n) is 4.87. The summed E-state index contributed by atoms with van der Waals surface area (Å²) in [5.41, 5.74) is 1.13. The topological polar surface area (TPSA) is 9.23 Å². The highest BCUT2D eigenvalue weighted by molar-refractivity contribution is 9.10. The van der Waals surface area contributed by atoms with Gasteiger partial charge in [-0.2, -0.15) is 0 Å². The Bertz CT molecular complexity index is 402. The van der Waals surface area contributed by atoms with Crippen LogP contribution in [0.25, 0.3) is 5.76 Å². The van der Waals surface area contributed by atoms with Crippen molar-refractivity contribution in [3.63, 3.8) is 0 Å². The van der Waals surface area contributed by atoms with Gasteiger partial charge in [0.2, 0.25) is 0 Å². The van der Waals surface area contributed by atoms with Gasteiger partial charge in [0.25, 0.3) is 6.43 Å². The number of ether oxygens (including phenoxy) is 1. The van der Waals surface area contributed by atoms with Gasteiger partial charge in [-0.3, -0.25) is 0 Å². The molecule has 16 heavy (non-hydrogen) atoms. The van der Waals surface area contributed by atoms with Gasteiger partial charge in [0.15, 0.2) is 0 Å². The van der Waals surface area contributed by atoms with Crippen LogP contribution in [0.4, 0.5) is 8.78 Å². The maximum absolute atomic E-state index is 12.7. The second-order valence-corrected chi connectivity index (χ2v) is 4.24. The summed E-state index contributed by atoms with van der Waals surface area (Å²) in [5.74, 6) is 0.420. The third-order valence-corrected chi connectivity index (χ3v) is 2.72. The minimum Gasteiger partial charge on any atom is -0.494 e. The summed E-state index contributed by atoms with van der Waals surface area (Å²) in [5, 5.41) is 0. The molecule has 0 saturated heterocycles. The van der Waals surface area contributed by atoms with Gasteiger partial charge in [0.05, 0.1) is 6.61 Å². The monoisotopic (exact) mass is 290 g/mol. The van der Waals surface area contributed by atoms with E-state index in [0.717, 1.165) is 0 Å². The number of hydrogen-bond donors (Lipinski definition) is 0. The highest BCUT2D eigenvalue weighted by Crippen LogP contribution is 2.31. The van der Waals surface area contributed by atoms with Gasteiger partial charge in [-0.1, -0.05) is 22.5 Å². The third kappa shape index (κ3) is 2.82. The Hall–Kier alpha value is -0.900. The lowest BCUT2D eigenvalue weighted by Crippen LogP contribution is -1.98. The molecule has 0 aliphatic rings. The molecule has 0 bridgehead atoms. The summed E-state index contributed by atoms with van der Waals surface area (Å²) >= 11 is 3.20. The van der Waals surface area contributed by atoms with E-state index in [9.17, 15) is 8.78 Å². The molecule has 0 amide bonds. The molecule has 1 aromatic rings. The lowest BCUT2D eigenvalue weighted by Gasteiger charge is -2.14. The van der Waals surface area contributed by atoms with Crippen molar-refractivity contribution in [2.75, 3.05) is 6.61 Å². The van der Waals surface area contributed by atoms with Crippen molar-refractivity contribution in [3.8, 4) is 0 Å². The minimum absolute atomic E-state index is 0.00484. The van der Waals surface area contributed by atoms with Gasteiger partial charge in [-0.25, -0.2) is 8.78 Å². The second kappa shape index (κ2) is 5.43. The molecule has 1 rings (SSSR count). The summed E-state index contributed by atoms with van der Waals surface area (Å²) in [6.45, 7) is 7.67. The Kier molecular flexibility index (Phi) is 4.47. The van der Waals surface area contributed by atoms with Crippen molar-refractivity contribution >= 4 is 21.7 Å². The highest BCUT2D eigenvalue weighted by Gasteiger charge is 2.16. The molecule has 0 aliphatic heterocycles. The molecule has 0 spiro atoms. The largest absolute Gasteiger partial charge is 0.494 e. The van der Waals surface area contributed by atoms with E-state index in [-0.39, 0.29) is 5.56 Å². The van der Waals surface area contributed by atoms with Crippen molar-refractivity contribution in [1.82, 2.24) is 0 Å². The fraction of sp³-hybridized carbons (Fsp3) is 0.333. The van der Waals surface area contributed by atoms with Crippen LogP contribution >= 0.6 is 15.9 Å². The van der Waals surface area contributed by atoms with Crippen LogP contribution in [0.2, 0.25) is 0 Å². The van der Waals surface area contributed by atoms with Crippen LogP contribution in [-0.2, 0) is 4.74 Å². The van der Waals surface area contributed by atoms with Crippen molar-refractivity contribution in [3.05, 3.63) is 39.9 Å². The summed E-state index contributed by atoms with van der Waals surface area (Å²) in [6, 6.07) is 3.15. The van der Waals surface area contributed by atoms with E-state index in [1.807, 2.05) is 6.92 Å². The zero-order valence-electron chi connectivity index (χ0n) is 9.19. The van der Waals surface area contributed by atoms with Crippen LogP contribution in [0, 0.1) is 6.92 Å². The van der Waals surface area contributed by atoms with Gasteiger partial charge in [-0.05, 0) is 31.5 Å². The molecule has 0 unspecified atom stereocenters. The Morgan fingerprint density at radius 1 is 1.50 bits per heavy atom. The number of alkyl halides is 2. The average Bonchev–Trinajstić information content (AvgIpc) is 2.20. The van der Waals surface area contributed by atoms with Gasteiger partial charge in [0, 0.05) is 15.6 Å². The van der Waals surface area contributed by atoms with Gasteiger partial charge >= 0.3 is 0 Å². The molecule has 0 aliphatic carbocycles. The molecule has 0 saturated carbocycles. The standard InChI is InChI=1S/C12H13BrF2O/c1-4-16-8(3)10-5-9(13)6-11(7(10)2)12(14)15/h5-6,12H,3-4H2,1-2H3. The average molecular weight is 291 g/mol. The molecule has 0 aromatic heterocycles. The van der Waals surface area contributed by atoms with Crippen LogP contribution in [0.1, 0.15) is 30.0 Å². The smallest absolute Gasteiger partial charge is 0.264 e. The first-order chi connectivity index (χ1) is 7.47. The molecule has 1 aromatic carbocycles. The highest BCUT2D eigenvalue weighted by atomic mass is 79.9. The molecule has 0 atom stereocenters. The lowest BCUT2D eigenvalue weighted by molar-refractivity contribution is 0.150. The van der Waals surface area contributed by atoms with Crippen LogP contribution < -0.4 is 0 Å². The molecular formula is C12H13BrF2O. The Labute approximate surface area is 102 Å². The Morgan fingerprint density at radius 2 is 2.12 bits per heavy atom. The Balaban J connectivity index is 3.24. The summed E-state index contributed by atoms with van der Waals surface area (Å²) < 4.78 is 31.3. The van der Waals surface area contributed by atoms with E-state index >= 15 is 0 Å². The lowest BCUT2D eigenvalue weighted by atomic mass is 10.0. The van der Waals surface area contributed by atoms with Crippen molar-refractivity contribution in [1.29, 1.82) is 0 Å². The van der Waals surface area contributed by atoms with E-state index in [4.69, 9.17) is 4.74 Å². The normalized spacial score (nSPS) is 10.6. The van der Waals surface area contributed by atoms with Gasteiger partial charge in [0.1, 0.15) is 5.76 Å². The molecule has 0 heterocycles. The summed E-state index contributed by atoms with van der Waals surface area (Å²) in [6.07, 6.45) is -2.49. The fourth-order valence-corrected chi connectivity index (χ4v) is 1.94. The first-order valence-corrected chi connectivity index (χ1v) is 5.67. The number of benzene rings is 1. The van der Waals surface area contributed by atoms with Crippen LogP contribution in [0.3, 0.4) is 0 Å². The van der Waals surface area contributed by atoms with Gasteiger partial charge < -0.3 is 4.74 Å². The van der Waals surface area contributed by atoms with Crippen LogP contribution in [0.5, 0.6) is 0 Å². The number of halogens is 3. The van der Waals surface area contributed by atoms with Crippen molar-refractivity contribution < 1.29 is 13.5 Å². The predicted molar refractivity (Wildman–Crippen MR) is 64.5 cm³/mol. The van der Waals surface area contributed by atoms with Crippen LogP contribution in [0.15, 0.2) is 23.2 Å². The quantitative estimate of drug-likeness (QED) is 0.730. The number of hydrogen-bond acceptors (Lipinski definition) is 1. The van der Waals surface area contributed by atoms with Crippen molar-refractivity contribution in [2.45, 2.75) is 20.3 Å².